The van der Waals surface area contributed by atoms with Gasteiger partial charge in [-0.2, -0.15) is 0 Å². The lowest BCUT2D eigenvalue weighted by atomic mass is 9.98. The van der Waals surface area contributed by atoms with Gasteiger partial charge in [0, 0.05) is 5.56 Å². The van der Waals surface area contributed by atoms with Crippen molar-refractivity contribution in [2.24, 2.45) is 0 Å². The monoisotopic (exact) mass is 365 g/mol. The van der Waals surface area contributed by atoms with Gasteiger partial charge in [-0.3, -0.25) is 24.1 Å². The maximum absolute atomic E-state index is 12.4. The number of carbonyl (C=O) groups excluding carboxylic acids is 4. The Labute approximate surface area is 156 Å². The molecule has 0 radical (unpaired) electrons. The van der Waals surface area contributed by atoms with Gasteiger partial charge in [-0.15, -0.1) is 0 Å². The minimum atomic E-state index is -0.806. The van der Waals surface area contributed by atoms with Crippen LogP contribution in [0.25, 0.3) is 0 Å². The van der Waals surface area contributed by atoms with Gasteiger partial charge >= 0.3 is 5.97 Å². The molecule has 2 amide bonds. The van der Waals surface area contributed by atoms with Gasteiger partial charge in [-0.1, -0.05) is 18.2 Å². The van der Waals surface area contributed by atoms with E-state index in [2.05, 4.69) is 0 Å². The van der Waals surface area contributed by atoms with Gasteiger partial charge in [0.05, 0.1) is 11.1 Å². The first kappa shape index (κ1) is 18.5. The molecule has 1 aliphatic rings. The minimum Gasteiger partial charge on any atom is -0.456 e. The predicted octanol–water partition coefficient (Wildman–Crippen LogP) is 2.63. The molecule has 0 atom stereocenters. The van der Waals surface area contributed by atoms with E-state index in [0.29, 0.717) is 5.56 Å². The Balaban J connectivity index is 1.63. The molecule has 0 fully saturated rings. The summed E-state index contributed by atoms with van der Waals surface area (Å²) in [5.74, 6) is -2.21. The molecule has 27 heavy (non-hydrogen) atoms. The molecule has 6 nitrogen and oxygen atoms in total. The van der Waals surface area contributed by atoms with Gasteiger partial charge in [-0.05, 0) is 55.7 Å². The van der Waals surface area contributed by atoms with E-state index in [1.165, 1.54) is 12.1 Å². The first-order valence-electron chi connectivity index (χ1n) is 8.51. The molecule has 0 saturated heterocycles. The van der Waals surface area contributed by atoms with Gasteiger partial charge in [-0.25, -0.2) is 0 Å². The number of amides is 2. The molecule has 0 N–H and O–H groups in total. The molecular weight excluding hydrogens is 346 g/mol. The second-order valence-electron chi connectivity index (χ2n) is 6.58. The summed E-state index contributed by atoms with van der Waals surface area (Å²) in [5.41, 5.74) is 3.87. The number of aryl methyl sites for hydroxylation is 3. The van der Waals surface area contributed by atoms with E-state index < -0.39 is 30.9 Å². The van der Waals surface area contributed by atoms with Crippen LogP contribution in [0.4, 0.5) is 0 Å². The molecule has 6 heteroatoms. The topological polar surface area (TPSA) is 80.8 Å². The Morgan fingerprint density at radius 3 is 2.04 bits per heavy atom. The first-order valence-corrected chi connectivity index (χ1v) is 8.51. The Bertz CT molecular complexity index is 942. The summed E-state index contributed by atoms with van der Waals surface area (Å²) in [6, 6.07) is 10.0. The number of hydrogen-bond acceptors (Lipinski definition) is 5. The fourth-order valence-corrected chi connectivity index (χ4v) is 3.04. The lowest BCUT2D eigenvalue weighted by Crippen LogP contribution is -2.36. The fraction of sp³-hybridized carbons (Fsp3) is 0.238. The largest absolute Gasteiger partial charge is 0.456 e. The van der Waals surface area contributed by atoms with Crippen LogP contribution in [0.5, 0.6) is 0 Å². The van der Waals surface area contributed by atoms with Gasteiger partial charge in [0.2, 0.25) is 5.78 Å². The van der Waals surface area contributed by atoms with Gasteiger partial charge in [0.15, 0.2) is 6.61 Å². The Hall–Kier alpha value is -3.28. The molecule has 0 bridgehead atoms. The number of carbonyl (C=O) groups is 4. The van der Waals surface area contributed by atoms with Crippen LogP contribution in [0.2, 0.25) is 0 Å². The van der Waals surface area contributed by atoms with Crippen molar-refractivity contribution in [3.8, 4) is 0 Å². The smallest absolute Gasteiger partial charge is 0.326 e. The third kappa shape index (κ3) is 3.51. The lowest BCUT2D eigenvalue weighted by molar-refractivity contribution is -0.142. The number of nitrogens with zero attached hydrogens (tertiary/aromatic N) is 1. The summed E-state index contributed by atoms with van der Waals surface area (Å²) < 4.78 is 5.01. The van der Waals surface area contributed by atoms with E-state index in [9.17, 15) is 19.2 Å². The zero-order chi connectivity index (χ0) is 19.7. The van der Waals surface area contributed by atoms with Crippen molar-refractivity contribution in [3.05, 3.63) is 69.8 Å². The molecule has 0 aliphatic carbocycles. The molecule has 2 aromatic carbocycles. The molecule has 1 heterocycles. The van der Waals surface area contributed by atoms with Crippen molar-refractivity contribution in [1.82, 2.24) is 4.90 Å². The number of hydrogen-bond donors (Lipinski definition) is 0. The zero-order valence-electron chi connectivity index (χ0n) is 15.4. The highest BCUT2D eigenvalue weighted by Crippen LogP contribution is 2.22. The van der Waals surface area contributed by atoms with Gasteiger partial charge < -0.3 is 4.74 Å². The van der Waals surface area contributed by atoms with Gasteiger partial charge in [0.1, 0.15) is 6.54 Å². The highest BCUT2D eigenvalue weighted by molar-refractivity contribution is 6.22. The third-order valence-electron chi connectivity index (χ3n) is 4.67. The number of esters is 1. The van der Waals surface area contributed by atoms with E-state index in [-0.39, 0.29) is 16.9 Å². The van der Waals surface area contributed by atoms with Crippen LogP contribution in [0, 0.1) is 20.8 Å². The summed E-state index contributed by atoms with van der Waals surface area (Å²) >= 11 is 0. The molecule has 1 aliphatic heterocycles. The summed E-state index contributed by atoms with van der Waals surface area (Å²) in [5, 5.41) is 0. The Morgan fingerprint density at radius 2 is 1.44 bits per heavy atom. The normalized spacial score (nSPS) is 12.9. The van der Waals surface area contributed by atoms with Crippen molar-refractivity contribution in [3.63, 3.8) is 0 Å². The fourth-order valence-electron chi connectivity index (χ4n) is 3.04. The molecule has 0 spiro atoms. The highest BCUT2D eigenvalue weighted by atomic mass is 16.5. The van der Waals surface area contributed by atoms with E-state index >= 15 is 0 Å². The quantitative estimate of drug-likeness (QED) is 0.462. The third-order valence-corrected chi connectivity index (χ3v) is 4.67. The number of imide groups is 1. The second kappa shape index (κ2) is 7.15. The number of ketones is 1. The lowest BCUT2D eigenvalue weighted by Gasteiger charge is -2.13. The zero-order valence-corrected chi connectivity index (χ0v) is 15.4. The van der Waals surface area contributed by atoms with E-state index in [1.54, 1.807) is 18.2 Å². The van der Waals surface area contributed by atoms with E-state index in [0.717, 1.165) is 21.6 Å². The summed E-state index contributed by atoms with van der Waals surface area (Å²) in [6.07, 6.45) is 0. The number of ether oxygens (including phenoxy) is 1. The van der Waals surface area contributed by atoms with Crippen molar-refractivity contribution >= 4 is 23.6 Å². The molecule has 138 valence electrons. The Kier molecular flexibility index (Phi) is 4.90. The van der Waals surface area contributed by atoms with Crippen molar-refractivity contribution in [2.45, 2.75) is 20.8 Å². The maximum Gasteiger partial charge on any atom is 0.326 e. The van der Waals surface area contributed by atoms with Crippen LogP contribution >= 0.6 is 0 Å². The first-order chi connectivity index (χ1) is 12.8. The van der Waals surface area contributed by atoms with Crippen LogP contribution in [0.3, 0.4) is 0 Å². The molecular formula is C21H19NO5. The van der Waals surface area contributed by atoms with E-state index in [4.69, 9.17) is 4.74 Å². The van der Waals surface area contributed by atoms with Crippen molar-refractivity contribution in [1.29, 1.82) is 0 Å². The average Bonchev–Trinajstić information content (AvgIpc) is 2.88. The number of Topliss-reactive ketones (excluding diaryl/α,β-unsaturated/α-hetero) is 1. The number of fused-ring (bicyclic) bond motifs is 1. The van der Waals surface area contributed by atoms with Gasteiger partial charge in [0.25, 0.3) is 11.8 Å². The summed E-state index contributed by atoms with van der Waals surface area (Å²) in [7, 11) is 0. The molecule has 0 unspecified atom stereocenters. The summed E-state index contributed by atoms with van der Waals surface area (Å²) in [4.78, 5) is 49.7. The van der Waals surface area contributed by atoms with Crippen LogP contribution < -0.4 is 0 Å². The van der Waals surface area contributed by atoms with Crippen LogP contribution in [0.1, 0.15) is 47.8 Å². The Morgan fingerprint density at radius 1 is 0.889 bits per heavy atom. The van der Waals surface area contributed by atoms with Crippen LogP contribution in [-0.2, 0) is 9.53 Å². The molecule has 0 aromatic heterocycles. The second-order valence-corrected chi connectivity index (χ2v) is 6.58. The standard InChI is InChI=1S/C21H19NO5/c1-12-8-14(3)17(9-13(12)2)18(23)11-27-19(24)10-22-20(25)15-6-4-5-7-16(15)21(22)26/h4-9H,10-11H2,1-3H3. The van der Waals surface area contributed by atoms with Crippen LogP contribution in [-0.4, -0.2) is 41.6 Å². The average molecular weight is 365 g/mol. The maximum atomic E-state index is 12.4. The number of benzene rings is 2. The number of rotatable bonds is 5. The van der Waals surface area contributed by atoms with Crippen molar-refractivity contribution in [2.75, 3.05) is 13.2 Å². The van der Waals surface area contributed by atoms with E-state index in [1.807, 2.05) is 26.8 Å². The molecule has 2 aromatic rings. The SMILES string of the molecule is Cc1cc(C)c(C(=O)COC(=O)CN2C(=O)c3ccccc3C2=O)cc1C. The molecule has 0 saturated carbocycles. The predicted molar refractivity (Wildman–Crippen MR) is 97.8 cm³/mol. The minimum absolute atomic E-state index is 0.261. The highest BCUT2D eigenvalue weighted by Gasteiger charge is 2.36. The van der Waals surface area contributed by atoms with Crippen molar-refractivity contribution < 1.29 is 23.9 Å². The summed E-state index contributed by atoms with van der Waals surface area (Å²) in [6.45, 7) is 4.72. The molecule has 3 rings (SSSR count). The van der Waals surface area contributed by atoms with Crippen LogP contribution in [0.15, 0.2) is 36.4 Å².